The summed E-state index contributed by atoms with van der Waals surface area (Å²) in [5, 5.41) is 4.55. The highest BCUT2D eigenvalue weighted by Gasteiger charge is 2.08. The van der Waals surface area contributed by atoms with Crippen molar-refractivity contribution in [3.05, 3.63) is 85.8 Å². The lowest BCUT2D eigenvalue weighted by molar-refractivity contribution is 0.302. The number of benzene rings is 3. The van der Waals surface area contributed by atoms with Crippen LogP contribution in [-0.2, 0) is 19.6 Å². The smallest absolute Gasteiger partial charge is 0.160 e. The lowest BCUT2D eigenvalue weighted by Crippen LogP contribution is -2.17. The zero-order valence-corrected chi connectivity index (χ0v) is 20.5. The van der Waals surface area contributed by atoms with Crippen LogP contribution in [0.4, 0.5) is 0 Å². The van der Waals surface area contributed by atoms with Crippen LogP contribution in [0.3, 0.4) is 0 Å². The molecule has 0 aliphatic rings. The second-order valence-corrected chi connectivity index (χ2v) is 8.64. The van der Waals surface area contributed by atoms with Crippen molar-refractivity contribution in [3.8, 4) is 17.2 Å². The predicted octanol–water partition coefficient (Wildman–Crippen LogP) is 6.68. The minimum atomic E-state index is 0.414. The van der Waals surface area contributed by atoms with Gasteiger partial charge in [-0.2, -0.15) is 0 Å². The van der Waals surface area contributed by atoms with Gasteiger partial charge in [0.05, 0.1) is 24.3 Å². The standard InChI is InChI=1S/C24H24BrCl2NO3/c1-29-23-7-4-16(12-24(23)30-2)9-10-28-14-18-13-19(25)5-8-22(18)31-15-17-3-6-20(26)21(27)11-17/h3-8,11-13,28H,9-10,14-15H2,1-2H3. The van der Waals surface area contributed by atoms with Gasteiger partial charge in [-0.05, 0) is 66.6 Å². The Hall–Kier alpha value is -1.92. The summed E-state index contributed by atoms with van der Waals surface area (Å²) in [4.78, 5) is 0. The highest BCUT2D eigenvalue weighted by molar-refractivity contribution is 9.10. The summed E-state index contributed by atoms with van der Waals surface area (Å²) in [6, 6.07) is 17.5. The number of halogens is 3. The Morgan fingerprint density at radius 3 is 2.29 bits per heavy atom. The van der Waals surface area contributed by atoms with Crippen molar-refractivity contribution >= 4 is 39.1 Å². The van der Waals surface area contributed by atoms with E-state index >= 15 is 0 Å². The van der Waals surface area contributed by atoms with Crippen molar-refractivity contribution in [3.63, 3.8) is 0 Å². The van der Waals surface area contributed by atoms with Crippen LogP contribution in [0.5, 0.6) is 17.2 Å². The van der Waals surface area contributed by atoms with Crippen molar-refractivity contribution in [2.24, 2.45) is 0 Å². The molecule has 0 aliphatic heterocycles. The Morgan fingerprint density at radius 2 is 1.55 bits per heavy atom. The molecule has 0 saturated carbocycles. The maximum atomic E-state index is 6.10. The summed E-state index contributed by atoms with van der Waals surface area (Å²) in [5.74, 6) is 2.30. The lowest BCUT2D eigenvalue weighted by Gasteiger charge is -2.14. The Bertz CT molecular complexity index is 1030. The zero-order chi connectivity index (χ0) is 22.2. The van der Waals surface area contributed by atoms with Crippen LogP contribution >= 0.6 is 39.1 Å². The van der Waals surface area contributed by atoms with Gasteiger partial charge in [0.2, 0.25) is 0 Å². The van der Waals surface area contributed by atoms with E-state index in [-0.39, 0.29) is 0 Å². The highest BCUT2D eigenvalue weighted by Crippen LogP contribution is 2.28. The van der Waals surface area contributed by atoms with Crippen LogP contribution in [0, 0.1) is 0 Å². The zero-order valence-electron chi connectivity index (χ0n) is 17.4. The molecule has 0 saturated heterocycles. The number of rotatable bonds is 10. The molecule has 0 bridgehead atoms. The first-order valence-corrected chi connectivity index (χ1v) is 11.3. The lowest BCUT2D eigenvalue weighted by atomic mass is 10.1. The Morgan fingerprint density at radius 1 is 0.806 bits per heavy atom. The van der Waals surface area contributed by atoms with Crippen LogP contribution in [0.1, 0.15) is 16.7 Å². The Kier molecular flexibility index (Phi) is 8.90. The topological polar surface area (TPSA) is 39.7 Å². The van der Waals surface area contributed by atoms with Crippen molar-refractivity contribution in [2.75, 3.05) is 20.8 Å². The molecule has 0 amide bonds. The van der Waals surface area contributed by atoms with Crippen molar-refractivity contribution < 1.29 is 14.2 Å². The summed E-state index contributed by atoms with van der Waals surface area (Å²) in [6.07, 6.45) is 0.869. The molecule has 164 valence electrons. The third-order valence-electron chi connectivity index (χ3n) is 4.75. The SMILES string of the molecule is COc1ccc(CCNCc2cc(Br)ccc2OCc2ccc(Cl)c(Cl)c2)cc1OC. The summed E-state index contributed by atoms with van der Waals surface area (Å²) in [7, 11) is 3.28. The van der Waals surface area contributed by atoms with E-state index in [1.54, 1.807) is 20.3 Å². The molecule has 0 unspecified atom stereocenters. The number of ether oxygens (including phenoxy) is 3. The number of hydrogen-bond acceptors (Lipinski definition) is 4. The third-order valence-corrected chi connectivity index (χ3v) is 5.99. The summed E-state index contributed by atoms with van der Waals surface area (Å²) in [6.45, 7) is 1.91. The highest BCUT2D eigenvalue weighted by atomic mass is 79.9. The molecule has 0 aliphatic carbocycles. The van der Waals surface area contributed by atoms with E-state index in [4.69, 9.17) is 37.4 Å². The van der Waals surface area contributed by atoms with E-state index in [2.05, 4.69) is 27.3 Å². The summed E-state index contributed by atoms with van der Waals surface area (Å²) < 4.78 is 17.7. The average molecular weight is 525 g/mol. The molecular formula is C24H24BrCl2NO3. The number of hydrogen-bond donors (Lipinski definition) is 1. The molecule has 4 nitrogen and oxygen atoms in total. The molecule has 0 spiro atoms. The Labute approximate surface area is 201 Å². The van der Waals surface area contributed by atoms with Crippen LogP contribution < -0.4 is 19.5 Å². The van der Waals surface area contributed by atoms with E-state index in [9.17, 15) is 0 Å². The van der Waals surface area contributed by atoms with Crippen molar-refractivity contribution in [1.82, 2.24) is 5.32 Å². The molecule has 1 N–H and O–H groups in total. The Balaban J connectivity index is 1.57. The van der Waals surface area contributed by atoms with Crippen LogP contribution in [0.15, 0.2) is 59.1 Å². The largest absolute Gasteiger partial charge is 0.493 e. The van der Waals surface area contributed by atoms with Crippen LogP contribution in [-0.4, -0.2) is 20.8 Å². The van der Waals surface area contributed by atoms with Gasteiger partial charge in [-0.3, -0.25) is 0 Å². The molecule has 0 aromatic heterocycles. The molecule has 31 heavy (non-hydrogen) atoms. The molecule has 3 aromatic rings. The quantitative estimate of drug-likeness (QED) is 0.300. The van der Waals surface area contributed by atoms with Gasteiger partial charge in [-0.15, -0.1) is 0 Å². The van der Waals surface area contributed by atoms with Gasteiger partial charge < -0.3 is 19.5 Å². The first kappa shape index (κ1) is 23.7. The van der Waals surface area contributed by atoms with Gasteiger partial charge in [0.1, 0.15) is 12.4 Å². The van der Waals surface area contributed by atoms with Gasteiger partial charge >= 0.3 is 0 Å². The maximum absolute atomic E-state index is 6.10. The first-order chi connectivity index (χ1) is 15.0. The minimum Gasteiger partial charge on any atom is -0.493 e. The average Bonchev–Trinajstić information content (AvgIpc) is 2.78. The van der Waals surface area contributed by atoms with E-state index in [1.807, 2.05) is 42.5 Å². The van der Waals surface area contributed by atoms with E-state index < -0.39 is 0 Å². The van der Waals surface area contributed by atoms with E-state index in [0.717, 1.165) is 45.8 Å². The molecule has 7 heteroatoms. The third kappa shape index (κ3) is 6.78. The van der Waals surface area contributed by atoms with Crippen LogP contribution in [0.2, 0.25) is 10.0 Å². The van der Waals surface area contributed by atoms with Gasteiger partial charge in [0.25, 0.3) is 0 Å². The predicted molar refractivity (Wildman–Crippen MR) is 130 cm³/mol. The monoisotopic (exact) mass is 523 g/mol. The summed E-state index contributed by atoms with van der Waals surface area (Å²) in [5.41, 5.74) is 3.21. The number of nitrogens with one attached hydrogen (secondary N) is 1. The first-order valence-electron chi connectivity index (χ1n) is 9.77. The molecule has 3 rings (SSSR count). The molecule has 0 radical (unpaired) electrons. The molecular weight excluding hydrogens is 501 g/mol. The fourth-order valence-corrected chi connectivity index (χ4v) is 3.84. The normalized spacial score (nSPS) is 10.7. The summed E-state index contributed by atoms with van der Waals surface area (Å²) >= 11 is 15.6. The second kappa shape index (κ2) is 11.6. The van der Waals surface area contributed by atoms with Gasteiger partial charge in [0.15, 0.2) is 11.5 Å². The van der Waals surface area contributed by atoms with E-state index in [0.29, 0.717) is 23.2 Å². The molecule has 0 fully saturated rings. The fourth-order valence-electron chi connectivity index (χ4n) is 3.11. The van der Waals surface area contributed by atoms with E-state index in [1.165, 1.54) is 5.56 Å². The van der Waals surface area contributed by atoms with Crippen molar-refractivity contribution in [1.29, 1.82) is 0 Å². The molecule has 0 atom stereocenters. The second-order valence-electron chi connectivity index (χ2n) is 6.91. The fraction of sp³-hybridized carbons (Fsp3) is 0.250. The van der Waals surface area contributed by atoms with Crippen LogP contribution in [0.25, 0.3) is 0 Å². The molecule has 3 aromatic carbocycles. The maximum Gasteiger partial charge on any atom is 0.160 e. The number of methoxy groups -OCH3 is 2. The van der Waals surface area contributed by atoms with Gasteiger partial charge in [-0.25, -0.2) is 0 Å². The molecule has 0 heterocycles. The van der Waals surface area contributed by atoms with Gasteiger partial charge in [0, 0.05) is 16.6 Å². The van der Waals surface area contributed by atoms with Gasteiger partial charge in [-0.1, -0.05) is 51.3 Å². The van der Waals surface area contributed by atoms with Crippen molar-refractivity contribution in [2.45, 2.75) is 19.6 Å². The minimum absolute atomic E-state index is 0.414.